The number of carboxylic acids is 1. The lowest BCUT2D eigenvalue weighted by molar-refractivity contribution is -0.138. The number of hydrogen-bond acceptors (Lipinski definition) is 5. The highest BCUT2D eigenvalue weighted by molar-refractivity contribution is 5.82. The second kappa shape index (κ2) is 7.12. The summed E-state index contributed by atoms with van der Waals surface area (Å²) in [7, 11) is 1.79. The van der Waals surface area contributed by atoms with Crippen LogP contribution >= 0.6 is 0 Å². The van der Waals surface area contributed by atoms with Crippen molar-refractivity contribution >= 4 is 23.6 Å². The average molecular weight is 298 g/mol. The van der Waals surface area contributed by atoms with Gasteiger partial charge in [-0.05, 0) is 35.4 Å². The maximum Gasteiger partial charge on any atom is 0.330 e. The quantitative estimate of drug-likeness (QED) is 0.372. The van der Waals surface area contributed by atoms with Crippen LogP contribution in [0.5, 0.6) is 0 Å². The Hall–Kier alpha value is -3.02. The van der Waals surface area contributed by atoms with Crippen molar-refractivity contribution in [3.63, 3.8) is 0 Å². The van der Waals surface area contributed by atoms with Crippen LogP contribution in [0.1, 0.15) is 17.2 Å². The molecule has 2 aromatic rings. The van der Waals surface area contributed by atoms with Crippen LogP contribution in [0.2, 0.25) is 0 Å². The molecule has 6 nitrogen and oxygen atoms in total. The molecule has 1 atom stereocenters. The van der Waals surface area contributed by atoms with Crippen molar-refractivity contribution in [1.29, 1.82) is 0 Å². The fraction of sp³-hybridized carbons (Fsp3) is 0.125. The van der Waals surface area contributed by atoms with Gasteiger partial charge in [0.15, 0.2) is 6.04 Å². The summed E-state index contributed by atoms with van der Waals surface area (Å²) in [4.78, 5) is 11.6. The van der Waals surface area contributed by atoms with Gasteiger partial charge in [0, 0.05) is 18.4 Å². The number of carboxylic acid groups (broad SMARTS) is 1. The molecule has 0 aromatic heterocycles. The predicted molar refractivity (Wildman–Crippen MR) is 88.2 cm³/mol. The Labute approximate surface area is 128 Å². The van der Waals surface area contributed by atoms with E-state index < -0.39 is 12.0 Å². The Morgan fingerprint density at radius 1 is 1.23 bits per heavy atom. The van der Waals surface area contributed by atoms with E-state index >= 15 is 0 Å². The summed E-state index contributed by atoms with van der Waals surface area (Å²) in [6.07, 6.45) is 1.52. The number of rotatable bonds is 6. The summed E-state index contributed by atoms with van der Waals surface area (Å²) < 4.78 is 0. The zero-order chi connectivity index (χ0) is 15.9. The molecule has 0 radical (unpaired) electrons. The van der Waals surface area contributed by atoms with Crippen molar-refractivity contribution < 1.29 is 9.90 Å². The van der Waals surface area contributed by atoms with Gasteiger partial charge in [-0.3, -0.25) is 0 Å². The van der Waals surface area contributed by atoms with E-state index in [0.29, 0.717) is 11.3 Å². The second-order valence-electron chi connectivity index (χ2n) is 4.69. The molecule has 22 heavy (non-hydrogen) atoms. The maximum absolute atomic E-state index is 11.6. The highest BCUT2D eigenvalue weighted by Crippen LogP contribution is 2.22. The number of hydrogen-bond donors (Lipinski definition) is 4. The van der Waals surface area contributed by atoms with Crippen molar-refractivity contribution in [3.8, 4) is 0 Å². The molecule has 0 aliphatic carbocycles. The first-order chi connectivity index (χ1) is 10.6. The molecule has 114 valence electrons. The van der Waals surface area contributed by atoms with Crippen LogP contribution in [0.15, 0.2) is 53.6 Å². The molecule has 0 heterocycles. The molecule has 0 aliphatic rings. The Morgan fingerprint density at radius 2 is 1.95 bits per heavy atom. The maximum atomic E-state index is 11.6. The van der Waals surface area contributed by atoms with E-state index in [1.54, 1.807) is 31.3 Å². The monoisotopic (exact) mass is 298 g/mol. The molecular formula is C16H18N4O2. The van der Waals surface area contributed by atoms with Crippen molar-refractivity contribution in [2.24, 2.45) is 10.9 Å². The van der Waals surface area contributed by atoms with Gasteiger partial charge < -0.3 is 21.6 Å². The molecule has 0 saturated carbocycles. The molecule has 2 rings (SSSR count). The van der Waals surface area contributed by atoms with Gasteiger partial charge >= 0.3 is 5.97 Å². The fourth-order valence-corrected chi connectivity index (χ4v) is 2.08. The van der Waals surface area contributed by atoms with Gasteiger partial charge in [-0.25, -0.2) is 4.79 Å². The van der Waals surface area contributed by atoms with Gasteiger partial charge in [-0.2, -0.15) is 5.10 Å². The zero-order valence-corrected chi connectivity index (χ0v) is 12.2. The van der Waals surface area contributed by atoms with Crippen molar-refractivity contribution in [2.45, 2.75) is 6.04 Å². The fourth-order valence-electron chi connectivity index (χ4n) is 2.08. The number of aliphatic carboxylic acids is 1. The molecule has 6 heteroatoms. The minimum atomic E-state index is -0.944. The number of nitrogens with two attached hydrogens (primary N) is 1. The van der Waals surface area contributed by atoms with Crippen LogP contribution in [-0.4, -0.2) is 24.3 Å². The van der Waals surface area contributed by atoms with Gasteiger partial charge in [0.25, 0.3) is 0 Å². The Bertz CT molecular complexity index is 668. The number of hydrazone groups is 1. The molecule has 2 aromatic carbocycles. The third kappa shape index (κ3) is 3.76. The van der Waals surface area contributed by atoms with E-state index in [0.717, 1.165) is 11.3 Å². The molecular weight excluding hydrogens is 280 g/mol. The van der Waals surface area contributed by atoms with Gasteiger partial charge in [-0.15, -0.1) is 0 Å². The van der Waals surface area contributed by atoms with Crippen LogP contribution in [-0.2, 0) is 4.79 Å². The third-order valence-electron chi connectivity index (χ3n) is 3.20. The summed E-state index contributed by atoms with van der Waals surface area (Å²) >= 11 is 0. The lowest BCUT2D eigenvalue weighted by atomic mass is 10.1. The molecule has 0 bridgehead atoms. The Balaban J connectivity index is 2.23. The van der Waals surface area contributed by atoms with E-state index in [2.05, 4.69) is 15.7 Å². The number of anilines is 2. The van der Waals surface area contributed by atoms with Gasteiger partial charge in [-0.1, -0.05) is 24.3 Å². The molecule has 0 spiro atoms. The molecule has 0 amide bonds. The summed E-state index contributed by atoms with van der Waals surface area (Å²) in [5.74, 6) is 4.15. The van der Waals surface area contributed by atoms with Crippen LogP contribution in [0, 0.1) is 0 Å². The van der Waals surface area contributed by atoms with Crippen LogP contribution in [0.25, 0.3) is 0 Å². The highest BCUT2D eigenvalue weighted by atomic mass is 16.4. The smallest absolute Gasteiger partial charge is 0.330 e. The van der Waals surface area contributed by atoms with Crippen molar-refractivity contribution in [2.75, 3.05) is 17.7 Å². The first-order valence-corrected chi connectivity index (χ1v) is 6.74. The van der Waals surface area contributed by atoms with Crippen LogP contribution in [0.4, 0.5) is 11.4 Å². The summed E-state index contributed by atoms with van der Waals surface area (Å²) in [5, 5.41) is 18.9. The minimum absolute atomic E-state index is 0.673. The van der Waals surface area contributed by atoms with E-state index in [1.165, 1.54) is 6.21 Å². The van der Waals surface area contributed by atoms with E-state index in [1.807, 2.05) is 24.3 Å². The standard InChI is InChI=1S/C16H18N4O2/c1-18-14-4-2-3-12(9-14)15(16(21)22)20-13-7-5-11(6-8-13)10-19-17/h2-10,15,18,20H,17H2,1H3,(H,21,22). The lowest BCUT2D eigenvalue weighted by Gasteiger charge is -2.17. The number of nitrogens with zero attached hydrogens (tertiary/aromatic N) is 1. The summed E-state index contributed by atoms with van der Waals surface area (Å²) in [5.41, 5.74) is 3.08. The topological polar surface area (TPSA) is 99.7 Å². The van der Waals surface area contributed by atoms with E-state index in [4.69, 9.17) is 5.84 Å². The average Bonchev–Trinajstić information content (AvgIpc) is 2.54. The van der Waals surface area contributed by atoms with E-state index in [9.17, 15) is 9.90 Å². The van der Waals surface area contributed by atoms with Crippen molar-refractivity contribution in [3.05, 3.63) is 59.7 Å². The Morgan fingerprint density at radius 3 is 2.55 bits per heavy atom. The normalized spacial score (nSPS) is 12.0. The largest absolute Gasteiger partial charge is 0.479 e. The third-order valence-corrected chi connectivity index (χ3v) is 3.20. The minimum Gasteiger partial charge on any atom is -0.479 e. The zero-order valence-electron chi connectivity index (χ0n) is 12.2. The first-order valence-electron chi connectivity index (χ1n) is 6.74. The summed E-state index contributed by atoms with van der Waals surface area (Å²) in [6.45, 7) is 0. The molecule has 0 fully saturated rings. The number of nitrogens with one attached hydrogen (secondary N) is 2. The molecule has 0 aliphatic heterocycles. The predicted octanol–water partition coefficient (Wildman–Crippen LogP) is 2.26. The lowest BCUT2D eigenvalue weighted by Crippen LogP contribution is -2.20. The SMILES string of the molecule is CNc1cccc(C(Nc2ccc(C=NN)cc2)C(=O)O)c1. The summed E-state index contributed by atoms with van der Waals surface area (Å²) in [6, 6.07) is 13.6. The van der Waals surface area contributed by atoms with Gasteiger partial charge in [0.2, 0.25) is 0 Å². The van der Waals surface area contributed by atoms with E-state index in [-0.39, 0.29) is 0 Å². The second-order valence-corrected chi connectivity index (χ2v) is 4.69. The Kier molecular flexibility index (Phi) is 4.98. The van der Waals surface area contributed by atoms with Gasteiger partial charge in [0.05, 0.1) is 6.21 Å². The first kappa shape index (κ1) is 15.4. The molecule has 1 unspecified atom stereocenters. The van der Waals surface area contributed by atoms with Gasteiger partial charge in [0.1, 0.15) is 0 Å². The number of carbonyl (C=O) groups is 1. The molecule has 0 saturated heterocycles. The van der Waals surface area contributed by atoms with Crippen LogP contribution in [0.3, 0.4) is 0 Å². The molecule has 5 N–H and O–H groups in total. The van der Waals surface area contributed by atoms with Crippen LogP contribution < -0.4 is 16.5 Å². The highest BCUT2D eigenvalue weighted by Gasteiger charge is 2.19. The number of benzene rings is 2. The van der Waals surface area contributed by atoms with Crippen molar-refractivity contribution in [1.82, 2.24) is 0 Å².